The van der Waals surface area contributed by atoms with Gasteiger partial charge in [-0.2, -0.15) is 0 Å². The van der Waals surface area contributed by atoms with Crippen LogP contribution in [0, 0.1) is 0 Å². The van der Waals surface area contributed by atoms with E-state index in [4.69, 9.17) is 10.4 Å². The molecule has 0 fully saturated rings. The fourth-order valence-electron chi connectivity index (χ4n) is 0.818. The summed E-state index contributed by atoms with van der Waals surface area (Å²) in [5.41, 5.74) is 2.54. The van der Waals surface area contributed by atoms with Crippen LogP contribution in [0.2, 0.25) is 0 Å². The molecule has 0 aromatic carbocycles. The van der Waals surface area contributed by atoms with Crippen LogP contribution in [0.15, 0.2) is 34.5 Å². The van der Waals surface area contributed by atoms with Crippen molar-refractivity contribution in [3.8, 4) is 0 Å². The van der Waals surface area contributed by atoms with Gasteiger partial charge in [-0.3, -0.25) is 20.7 Å². The standard InChI is InChI=1S/C8H10N4O2/c13-11-6-8(12-14)10-5-7-3-1-2-4-9-7/h1-4,6,13-14H,5H2,(H,10,12). The molecule has 1 aromatic rings. The van der Waals surface area contributed by atoms with Crippen LogP contribution in [-0.2, 0) is 6.54 Å². The normalized spacial score (nSPS) is 11.9. The van der Waals surface area contributed by atoms with Crippen LogP contribution in [-0.4, -0.2) is 27.4 Å². The molecule has 0 spiro atoms. The zero-order valence-electron chi connectivity index (χ0n) is 7.33. The van der Waals surface area contributed by atoms with Crippen LogP contribution in [0.5, 0.6) is 0 Å². The van der Waals surface area contributed by atoms with Gasteiger partial charge in [-0.25, -0.2) is 0 Å². The molecule has 0 bridgehead atoms. The zero-order valence-corrected chi connectivity index (χ0v) is 7.33. The number of aromatic nitrogens is 1. The van der Waals surface area contributed by atoms with Gasteiger partial charge in [0, 0.05) is 6.20 Å². The first-order valence-corrected chi connectivity index (χ1v) is 3.88. The Morgan fingerprint density at radius 1 is 1.57 bits per heavy atom. The minimum absolute atomic E-state index is 0.0677. The van der Waals surface area contributed by atoms with Crippen LogP contribution in [0.3, 0.4) is 0 Å². The summed E-state index contributed by atoms with van der Waals surface area (Å²) >= 11 is 0. The summed E-state index contributed by atoms with van der Waals surface area (Å²) in [6, 6.07) is 5.44. The molecule has 1 rings (SSSR count). The van der Waals surface area contributed by atoms with Crippen molar-refractivity contribution >= 4 is 12.1 Å². The van der Waals surface area contributed by atoms with Crippen molar-refractivity contribution < 1.29 is 10.4 Å². The summed E-state index contributed by atoms with van der Waals surface area (Å²) in [4.78, 5) is 7.91. The van der Waals surface area contributed by atoms with Crippen molar-refractivity contribution in [2.24, 2.45) is 10.1 Å². The number of nitrogens with one attached hydrogen (secondary N) is 1. The lowest BCUT2D eigenvalue weighted by atomic mass is 10.3. The van der Waals surface area contributed by atoms with E-state index < -0.39 is 0 Å². The third-order valence-electron chi connectivity index (χ3n) is 1.43. The zero-order chi connectivity index (χ0) is 10.2. The quantitative estimate of drug-likeness (QED) is 0.281. The molecular formula is C8H10N4O2. The third kappa shape index (κ3) is 3.20. The van der Waals surface area contributed by atoms with Crippen LogP contribution >= 0.6 is 0 Å². The number of oxime groups is 1. The van der Waals surface area contributed by atoms with Crippen molar-refractivity contribution in [3.63, 3.8) is 0 Å². The summed E-state index contributed by atoms with van der Waals surface area (Å²) in [7, 11) is 0. The Morgan fingerprint density at radius 2 is 2.43 bits per heavy atom. The van der Waals surface area contributed by atoms with Gasteiger partial charge in [-0.05, 0) is 12.1 Å². The van der Waals surface area contributed by atoms with E-state index in [1.54, 1.807) is 23.8 Å². The molecule has 0 saturated heterocycles. The topological polar surface area (TPSA) is 90.1 Å². The van der Waals surface area contributed by atoms with Gasteiger partial charge < -0.3 is 5.21 Å². The molecule has 1 heterocycles. The van der Waals surface area contributed by atoms with Gasteiger partial charge >= 0.3 is 0 Å². The van der Waals surface area contributed by atoms with Gasteiger partial charge in [0.1, 0.15) is 6.21 Å². The molecule has 74 valence electrons. The van der Waals surface area contributed by atoms with E-state index in [1.807, 2.05) is 6.07 Å². The highest BCUT2D eigenvalue weighted by molar-refractivity contribution is 6.28. The molecule has 0 amide bonds. The van der Waals surface area contributed by atoms with Crippen molar-refractivity contribution in [1.82, 2.24) is 10.5 Å². The summed E-state index contributed by atoms with van der Waals surface area (Å²) < 4.78 is 0. The van der Waals surface area contributed by atoms with Gasteiger partial charge in [0.05, 0.1) is 12.2 Å². The van der Waals surface area contributed by atoms with E-state index in [9.17, 15) is 0 Å². The van der Waals surface area contributed by atoms with Crippen molar-refractivity contribution in [1.29, 1.82) is 0 Å². The van der Waals surface area contributed by atoms with Crippen LogP contribution in [0.4, 0.5) is 0 Å². The Labute approximate surface area is 80.6 Å². The van der Waals surface area contributed by atoms with E-state index >= 15 is 0 Å². The minimum atomic E-state index is 0.0677. The second kappa shape index (κ2) is 5.65. The highest BCUT2D eigenvalue weighted by atomic mass is 16.5. The Hall–Kier alpha value is -1.95. The molecule has 0 aliphatic heterocycles. The molecule has 0 aliphatic carbocycles. The molecule has 0 aliphatic rings. The van der Waals surface area contributed by atoms with Gasteiger partial charge in [-0.1, -0.05) is 11.2 Å². The van der Waals surface area contributed by atoms with Gasteiger partial charge in [-0.15, -0.1) is 0 Å². The maximum atomic E-state index is 8.53. The number of rotatable bonds is 3. The molecule has 0 atom stereocenters. The molecule has 0 radical (unpaired) electrons. The summed E-state index contributed by atoms with van der Waals surface area (Å²) in [6.07, 6.45) is 2.64. The summed E-state index contributed by atoms with van der Waals surface area (Å²) in [5.74, 6) is 0.0677. The van der Waals surface area contributed by atoms with E-state index in [1.165, 1.54) is 0 Å². The number of hydrogen-bond donors (Lipinski definition) is 3. The van der Waals surface area contributed by atoms with Gasteiger partial charge in [0.25, 0.3) is 0 Å². The van der Waals surface area contributed by atoms with E-state index in [0.717, 1.165) is 11.9 Å². The monoisotopic (exact) mass is 194 g/mol. The molecular weight excluding hydrogens is 184 g/mol. The van der Waals surface area contributed by atoms with Crippen LogP contribution in [0.25, 0.3) is 0 Å². The van der Waals surface area contributed by atoms with E-state index in [0.29, 0.717) is 6.54 Å². The number of aliphatic imine (C=N–C) groups is 1. The highest BCUT2D eigenvalue weighted by Gasteiger charge is 1.93. The average molecular weight is 194 g/mol. The minimum Gasteiger partial charge on any atom is -0.411 e. The van der Waals surface area contributed by atoms with Crippen molar-refractivity contribution in [2.45, 2.75) is 6.54 Å². The predicted octanol–water partition coefficient (Wildman–Crippen LogP) is 0.419. The second-order valence-corrected chi connectivity index (χ2v) is 2.38. The number of hydroxylamine groups is 1. The van der Waals surface area contributed by atoms with Gasteiger partial charge in [0.2, 0.25) is 0 Å². The fraction of sp³-hybridized carbons (Fsp3) is 0.125. The fourth-order valence-corrected chi connectivity index (χ4v) is 0.818. The van der Waals surface area contributed by atoms with Gasteiger partial charge in [0.15, 0.2) is 5.84 Å². The molecule has 6 heteroatoms. The lowest BCUT2D eigenvalue weighted by Gasteiger charge is -1.97. The molecule has 14 heavy (non-hydrogen) atoms. The Bertz CT molecular complexity index is 323. The summed E-state index contributed by atoms with van der Waals surface area (Å²) in [6.45, 7) is 0.301. The predicted molar refractivity (Wildman–Crippen MR) is 50.6 cm³/mol. The molecule has 0 unspecified atom stereocenters. The van der Waals surface area contributed by atoms with E-state index in [2.05, 4.69) is 15.1 Å². The average Bonchev–Trinajstić information content (AvgIpc) is 2.25. The third-order valence-corrected chi connectivity index (χ3v) is 1.43. The highest BCUT2D eigenvalue weighted by Crippen LogP contribution is 1.94. The second-order valence-electron chi connectivity index (χ2n) is 2.38. The number of amidine groups is 1. The molecule has 6 nitrogen and oxygen atoms in total. The van der Waals surface area contributed by atoms with Crippen LogP contribution < -0.4 is 5.48 Å². The number of hydrogen-bond acceptors (Lipinski definition) is 5. The lowest BCUT2D eigenvalue weighted by Crippen LogP contribution is -2.20. The van der Waals surface area contributed by atoms with Crippen molar-refractivity contribution in [2.75, 3.05) is 0 Å². The Kier molecular flexibility index (Phi) is 4.09. The maximum absolute atomic E-state index is 8.53. The lowest BCUT2D eigenvalue weighted by molar-refractivity contribution is 0.236. The first kappa shape index (κ1) is 10.1. The van der Waals surface area contributed by atoms with Crippen molar-refractivity contribution in [3.05, 3.63) is 30.1 Å². The Balaban J connectivity index is 2.61. The molecule has 3 N–H and O–H groups in total. The maximum Gasteiger partial charge on any atom is 0.167 e. The first-order valence-electron chi connectivity index (χ1n) is 3.88. The largest absolute Gasteiger partial charge is 0.411 e. The SMILES string of the molecule is ON=CC(=NCc1ccccn1)NO. The number of nitrogens with zero attached hydrogens (tertiary/aromatic N) is 3. The van der Waals surface area contributed by atoms with E-state index in [-0.39, 0.29) is 5.84 Å². The number of pyridine rings is 1. The smallest absolute Gasteiger partial charge is 0.167 e. The Morgan fingerprint density at radius 3 is 3.00 bits per heavy atom. The molecule has 0 saturated carbocycles. The molecule has 1 aromatic heterocycles. The first-order chi connectivity index (χ1) is 6.86. The van der Waals surface area contributed by atoms with Crippen LogP contribution in [0.1, 0.15) is 5.69 Å². The summed E-state index contributed by atoms with van der Waals surface area (Å²) in [5, 5.41) is 19.4.